The summed E-state index contributed by atoms with van der Waals surface area (Å²) in [6.07, 6.45) is -5.82. The van der Waals surface area contributed by atoms with Gasteiger partial charge in [0.15, 0.2) is 6.10 Å². The fourth-order valence-electron chi connectivity index (χ4n) is 3.64. The molecular weight excluding hydrogens is 507 g/mol. The number of likely N-dealkylation sites (tertiary alicyclic amines) is 1. The van der Waals surface area contributed by atoms with Crippen LogP contribution in [-0.2, 0) is 20.5 Å². The third-order valence-corrected chi connectivity index (χ3v) is 5.90. The smallest absolute Gasteiger partial charge is 0.418 e. The summed E-state index contributed by atoms with van der Waals surface area (Å²) in [5, 5.41) is 13.3. The monoisotopic (exact) mass is 527 g/mol. The second-order valence-corrected chi connectivity index (χ2v) is 8.56. The van der Waals surface area contributed by atoms with E-state index in [1.165, 1.54) is 6.92 Å². The minimum atomic E-state index is -4.97. The number of esters is 1. The zero-order valence-electron chi connectivity index (χ0n) is 18.9. The number of piperidine rings is 1. The summed E-state index contributed by atoms with van der Waals surface area (Å²) in [6.45, 7) is 1.75. The number of amides is 2. The average molecular weight is 528 g/mol. The van der Waals surface area contributed by atoms with Gasteiger partial charge in [-0.15, -0.1) is 0 Å². The van der Waals surface area contributed by atoms with Crippen molar-refractivity contribution >= 4 is 40.8 Å². The minimum absolute atomic E-state index is 0.213. The van der Waals surface area contributed by atoms with Crippen LogP contribution in [0.15, 0.2) is 42.5 Å². The Bertz CT molecular complexity index is 1160. The predicted octanol–water partition coefficient (Wildman–Crippen LogP) is 4.69. The minimum Gasteiger partial charge on any atom is -0.452 e. The number of carbonyl (C=O) groups is 3. The number of halogens is 4. The zero-order chi connectivity index (χ0) is 26.6. The topological polar surface area (TPSA) is 119 Å². The summed E-state index contributed by atoms with van der Waals surface area (Å²) in [5.74, 6) is -2.55. The quantitative estimate of drug-likeness (QED) is 0.331. The number of hydrogen-bond donors (Lipinski definition) is 1. The van der Waals surface area contributed by atoms with Crippen molar-refractivity contribution in [3.8, 4) is 0 Å². The molecule has 1 heterocycles. The summed E-state index contributed by atoms with van der Waals surface area (Å²) in [5.41, 5.74) is -2.44. The first-order valence-electron chi connectivity index (χ1n) is 10.8. The van der Waals surface area contributed by atoms with Crippen molar-refractivity contribution in [3.05, 3.63) is 68.7 Å². The molecule has 0 spiro atoms. The molecule has 13 heteroatoms. The molecule has 2 amide bonds. The van der Waals surface area contributed by atoms with Crippen molar-refractivity contribution < 1.29 is 37.2 Å². The van der Waals surface area contributed by atoms with Crippen LogP contribution in [-0.4, -0.2) is 46.8 Å². The van der Waals surface area contributed by atoms with Crippen LogP contribution in [0.1, 0.15) is 35.7 Å². The van der Waals surface area contributed by atoms with Gasteiger partial charge in [-0.3, -0.25) is 24.5 Å². The van der Waals surface area contributed by atoms with Gasteiger partial charge < -0.3 is 15.0 Å². The Labute approximate surface area is 208 Å². The maximum atomic E-state index is 13.3. The number of nitrogens with one attached hydrogen (secondary N) is 1. The zero-order valence-corrected chi connectivity index (χ0v) is 19.6. The Morgan fingerprint density at radius 2 is 1.75 bits per heavy atom. The van der Waals surface area contributed by atoms with Gasteiger partial charge in [-0.25, -0.2) is 0 Å². The molecule has 0 unspecified atom stereocenters. The van der Waals surface area contributed by atoms with Gasteiger partial charge in [-0.05, 0) is 50.1 Å². The van der Waals surface area contributed by atoms with Gasteiger partial charge in [-0.1, -0.05) is 11.6 Å². The van der Waals surface area contributed by atoms with E-state index in [1.807, 2.05) is 5.32 Å². The van der Waals surface area contributed by atoms with Crippen LogP contribution in [0.2, 0.25) is 5.02 Å². The van der Waals surface area contributed by atoms with Gasteiger partial charge in [0.05, 0.1) is 22.1 Å². The lowest BCUT2D eigenvalue weighted by molar-refractivity contribution is -0.385. The van der Waals surface area contributed by atoms with E-state index in [9.17, 15) is 37.7 Å². The van der Waals surface area contributed by atoms with Crippen molar-refractivity contribution in [1.29, 1.82) is 0 Å². The Morgan fingerprint density at radius 1 is 1.14 bits per heavy atom. The number of hydrogen-bond acceptors (Lipinski definition) is 6. The van der Waals surface area contributed by atoms with E-state index in [2.05, 4.69) is 0 Å². The van der Waals surface area contributed by atoms with E-state index < -0.39 is 51.9 Å². The molecule has 1 saturated heterocycles. The normalized spacial score (nSPS) is 15.2. The molecule has 9 nitrogen and oxygen atoms in total. The number of nitrogens with zero attached hydrogens (tertiary/aromatic N) is 2. The van der Waals surface area contributed by atoms with Crippen molar-refractivity contribution in [2.75, 3.05) is 18.4 Å². The Hall–Kier alpha value is -3.67. The third kappa shape index (κ3) is 6.51. The van der Waals surface area contributed by atoms with Gasteiger partial charge in [0, 0.05) is 35.8 Å². The molecule has 36 heavy (non-hydrogen) atoms. The largest absolute Gasteiger partial charge is 0.452 e. The lowest BCUT2D eigenvalue weighted by atomic mass is 9.96. The van der Waals surface area contributed by atoms with Crippen LogP contribution in [0, 0.1) is 16.0 Å². The Morgan fingerprint density at radius 3 is 2.31 bits per heavy atom. The second-order valence-electron chi connectivity index (χ2n) is 8.13. The molecule has 2 aromatic carbocycles. The highest BCUT2D eigenvalue weighted by atomic mass is 35.5. The Balaban J connectivity index is 1.57. The van der Waals surface area contributed by atoms with Crippen LogP contribution in [0.5, 0.6) is 0 Å². The number of rotatable bonds is 6. The fraction of sp³-hybridized carbons (Fsp3) is 0.348. The summed E-state index contributed by atoms with van der Waals surface area (Å²) in [7, 11) is 0. The van der Waals surface area contributed by atoms with Crippen molar-refractivity contribution in [1.82, 2.24) is 4.90 Å². The van der Waals surface area contributed by atoms with Gasteiger partial charge in [0.2, 0.25) is 0 Å². The average Bonchev–Trinajstić information content (AvgIpc) is 2.83. The summed E-state index contributed by atoms with van der Waals surface area (Å²) in [4.78, 5) is 48.9. The number of carbonyl (C=O) groups excluding carboxylic acids is 3. The lowest BCUT2D eigenvalue weighted by Gasteiger charge is -2.31. The molecule has 1 N–H and O–H groups in total. The molecule has 0 bridgehead atoms. The molecule has 1 aliphatic heterocycles. The maximum absolute atomic E-state index is 13.3. The van der Waals surface area contributed by atoms with Crippen LogP contribution >= 0.6 is 11.6 Å². The highest BCUT2D eigenvalue weighted by molar-refractivity contribution is 6.30. The van der Waals surface area contributed by atoms with Crippen molar-refractivity contribution in [3.63, 3.8) is 0 Å². The third-order valence-electron chi connectivity index (χ3n) is 5.65. The molecule has 1 atom stereocenters. The van der Waals surface area contributed by atoms with E-state index in [0.717, 1.165) is 12.1 Å². The summed E-state index contributed by atoms with van der Waals surface area (Å²) >= 11 is 5.83. The highest BCUT2D eigenvalue weighted by Gasteiger charge is 2.36. The van der Waals surface area contributed by atoms with E-state index in [0.29, 0.717) is 16.7 Å². The van der Waals surface area contributed by atoms with Crippen LogP contribution in [0.4, 0.5) is 24.5 Å². The molecule has 0 aliphatic carbocycles. The van der Waals surface area contributed by atoms with Crippen molar-refractivity contribution in [2.24, 2.45) is 5.92 Å². The van der Waals surface area contributed by atoms with Gasteiger partial charge >= 0.3 is 12.1 Å². The van der Waals surface area contributed by atoms with Gasteiger partial charge in [-0.2, -0.15) is 13.2 Å². The fourth-order valence-corrected chi connectivity index (χ4v) is 3.77. The number of nitro groups is 1. The van der Waals surface area contributed by atoms with E-state index in [4.69, 9.17) is 16.3 Å². The molecule has 0 radical (unpaired) electrons. The highest BCUT2D eigenvalue weighted by Crippen LogP contribution is 2.37. The van der Waals surface area contributed by atoms with Crippen LogP contribution < -0.4 is 5.32 Å². The standard InChI is InChI=1S/C23H21ClF3N3O6/c1-13(20(31)28-19-7-6-17(30(34)35)12-18(19)23(25,26)27)36-22(33)15-8-10-29(11-9-15)21(32)14-2-4-16(24)5-3-14/h2-7,12-13,15H,8-11H2,1H3,(H,28,31)/t13-/m0/s1. The molecule has 1 fully saturated rings. The van der Waals surface area contributed by atoms with E-state index >= 15 is 0 Å². The van der Waals surface area contributed by atoms with E-state index in [-0.39, 0.29) is 31.8 Å². The molecule has 1 aliphatic rings. The first-order chi connectivity index (χ1) is 16.9. The predicted molar refractivity (Wildman–Crippen MR) is 122 cm³/mol. The summed E-state index contributed by atoms with van der Waals surface area (Å²) in [6, 6.07) is 8.28. The number of anilines is 1. The van der Waals surface area contributed by atoms with Crippen LogP contribution in [0.3, 0.4) is 0 Å². The number of benzene rings is 2. The maximum Gasteiger partial charge on any atom is 0.418 e. The second kappa shape index (κ2) is 10.9. The molecule has 192 valence electrons. The van der Waals surface area contributed by atoms with Gasteiger partial charge in [0.25, 0.3) is 17.5 Å². The first-order valence-corrected chi connectivity index (χ1v) is 11.2. The van der Waals surface area contributed by atoms with Gasteiger partial charge in [0.1, 0.15) is 0 Å². The van der Waals surface area contributed by atoms with Crippen molar-refractivity contribution in [2.45, 2.75) is 32.0 Å². The van der Waals surface area contributed by atoms with E-state index in [1.54, 1.807) is 29.2 Å². The summed E-state index contributed by atoms with van der Waals surface area (Å²) < 4.78 is 45.1. The Kier molecular flexibility index (Phi) is 8.18. The van der Waals surface area contributed by atoms with Crippen LogP contribution in [0.25, 0.3) is 0 Å². The molecule has 0 aromatic heterocycles. The molecular formula is C23H21ClF3N3O6. The molecule has 3 rings (SSSR count). The lowest BCUT2D eigenvalue weighted by Crippen LogP contribution is -2.41. The number of nitro benzene ring substituents is 1. The number of ether oxygens (including phenoxy) is 1. The molecule has 2 aromatic rings. The number of non-ortho nitro benzene ring substituents is 1. The number of alkyl halides is 3. The molecule has 0 saturated carbocycles. The first kappa shape index (κ1) is 26.9. The SMILES string of the molecule is C[C@H](OC(=O)C1CCN(C(=O)c2ccc(Cl)cc2)CC1)C(=O)Nc1ccc([N+](=O)[O-])cc1C(F)(F)F.